The third kappa shape index (κ3) is 4.73. The summed E-state index contributed by atoms with van der Waals surface area (Å²) >= 11 is 0. The fourth-order valence-electron chi connectivity index (χ4n) is 3.23. The molecule has 0 bridgehead atoms. The minimum absolute atomic E-state index is 0.627. The van der Waals surface area contributed by atoms with Crippen LogP contribution in [0.1, 0.15) is 46.0 Å². The Bertz CT molecular complexity index is 237. The van der Waals surface area contributed by atoms with E-state index in [1.807, 2.05) is 0 Å². The van der Waals surface area contributed by atoms with Crippen LogP contribution in [-0.2, 0) is 4.74 Å². The summed E-state index contributed by atoms with van der Waals surface area (Å²) in [6.45, 7) is 11.3. The average molecular weight is 268 g/mol. The molecule has 2 unspecified atom stereocenters. The first-order chi connectivity index (χ1) is 9.33. The van der Waals surface area contributed by atoms with Crippen LogP contribution < -0.4 is 5.32 Å². The number of hydrogen-bond acceptors (Lipinski definition) is 3. The molecule has 3 heteroatoms. The van der Waals surface area contributed by atoms with E-state index in [1.54, 1.807) is 0 Å². The van der Waals surface area contributed by atoms with Gasteiger partial charge in [-0.1, -0.05) is 20.3 Å². The zero-order valence-electron chi connectivity index (χ0n) is 12.9. The normalized spacial score (nSPS) is 25.7. The molecule has 2 atom stereocenters. The predicted octanol–water partition coefficient (Wildman–Crippen LogP) is 2.51. The van der Waals surface area contributed by atoms with Crippen LogP contribution in [0.5, 0.6) is 0 Å². The predicted molar refractivity (Wildman–Crippen MR) is 80.5 cm³/mol. The van der Waals surface area contributed by atoms with E-state index in [0.717, 1.165) is 31.6 Å². The summed E-state index contributed by atoms with van der Waals surface area (Å²) in [5.41, 5.74) is 0. The second-order valence-corrected chi connectivity index (χ2v) is 6.33. The lowest BCUT2D eigenvalue weighted by Gasteiger charge is -2.35. The number of likely N-dealkylation sites (N-methyl/N-ethyl adjacent to an activating group) is 1. The van der Waals surface area contributed by atoms with Gasteiger partial charge in [0.25, 0.3) is 0 Å². The van der Waals surface area contributed by atoms with Gasteiger partial charge in [0.05, 0.1) is 6.61 Å². The van der Waals surface area contributed by atoms with E-state index in [-0.39, 0.29) is 0 Å². The van der Waals surface area contributed by atoms with Crippen molar-refractivity contribution < 1.29 is 4.74 Å². The summed E-state index contributed by atoms with van der Waals surface area (Å²) in [5.74, 6) is 1.70. The van der Waals surface area contributed by atoms with Crippen LogP contribution in [-0.4, -0.2) is 50.3 Å². The molecular weight excluding hydrogens is 236 g/mol. The Hall–Kier alpha value is -0.120. The molecule has 2 aliphatic rings. The summed E-state index contributed by atoms with van der Waals surface area (Å²) < 4.78 is 5.59. The Morgan fingerprint density at radius 1 is 1.26 bits per heavy atom. The molecule has 0 amide bonds. The number of nitrogens with one attached hydrogen (secondary N) is 1. The van der Waals surface area contributed by atoms with Gasteiger partial charge in [-0.05, 0) is 44.7 Å². The maximum Gasteiger partial charge on any atom is 0.0510 e. The summed E-state index contributed by atoms with van der Waals surface area (Å²) in [7, 11) is 0. The van der Waals surface area contributed by atoms with Crippen molar-refractivity contribution in [1.82, 2.24) is 10.2 Å². The fourth-order valence-corrected chi connectivity index (χ4v) is 3.23. The highest BCUT2D eigenvalue weighted by molar-refractivity contribution is 4.83. The summed E-state index contributed by atoms with van der Waals surface area (Å²) in [4.78, 5) is 2.66. The van der Waals surface area contributed by atoms with Gasteiger partial charge in [0.2, 0.25) is 0 Å². The van der Waals surface area contributed by atoms with Crippen LogP contribution in [0.25, 0.3) is 0 Å². The second kappa shape index (κ2) is 8.23. The van der Waals surface area contributed by atoms with E-state index >= 15 is 0 Å². The molecule has 0 aromatic rings. The first-order valence-electron chi connectivity index (χ1n) is 8.37. The highest BCUT2D eigenvalue weighted by Crippen LogP contribution is 2.27. The molecule has 2 rings (SSSR count). The quantitative estimate of drug-likeness (QED) is 0.695. The van der Waals surface area contributed by atoms with Crippen LogP contribution in [0.15, 0.2) is 0 Å². The Kier molecular flexibility index (Phi) is 6.62. The van der Waals surface area contributed by atoms with Crippen molar-refractivity contribution in [3.8, 4) is 0 Å². The molecule has 1 N–H and O–H groups in total. The van der Waals surface area contributed by atoms with Crippen molar-refractivity contribution in [3.63, 3.8) is 0 Å². The van der Waals surface area contributed by atoms with Crippen LogP contribution in [0.3, 0.4) is 0 Å². The lowest BCUT2D eigenvalue weighted by Crippen LogP contribution is -2.47. The van der Waals surface area contributed by atoms with Gasteiger partial charge >= 0.3 is 0 Å². The van der Waals surface area contributed by atoms with Crippen LogP contribution in [0, 0.1) is 11.8 Å². The lowest BCUT2D eigenvalue weighted by molar-refractivity contribution is 0.140. The molecule has 1 saturated carbocycles. The van der Waals surface area contributed by atoms with Crippen molar-refractivity contribution in [2.45, 2.75) is 52.0 Å². The molecule has 0 aromatic carbocycles. The zero-order valence-corrected chi connectivity index (χ0v) is 12.9. The van der Waals surface area contributed by atoms with Crippen molar-refractivity contribution >= 4 is 0 Å². The smallest absolute Gasteiger partial charge is 0.0510 e. The molecule has 1 aliphatic heterocycles. The number of rotatable bonds is 9. The Morgan fingerprint density at radius 2 is 2.11 bits per heavy atom. The van der Waals surface area contributed by atoms with Crippen molar-refractivity contribution in [3.05, 3.63) is 0 Å². The summed E-state index contributed by atoms with van der Waals surface area (Å²) in [6.07, 6.45) is 6.82. The average Bonchev–Trinajstić information content (AvgIpc) is 2.90. The summed E-state index contributed by atoms with van der Waals surface area (Å²) in [5, 5.41) is 3.76. The van der Waals surface area contributed by atoms with Crippen molar-refractivity contribution in [2.24, 2.45) is 11.8 Å². The topological polar surface area (TPSA) is 24.5 Å². The third-order valence-corrected chi connectivity index (χ3v) is 4.83. The molecule has 1 heterocycles. The van der Waals surface area contributed by atoms with Crippen LogP contribution in [0.2, 0.25) is 0 Å². The molecule has 1 saturated heterocycles. The summed E-state index contributed by atoms with van der Waals surface area (Å²) in [6, 6.07) is 0.627. The standard InChI is InChI=1S/C16H32N2O/c1-3-9-17-16(15-8-10-19-13-15)12-18(4-2)11-14-6-5-7-14/h14-17H,3-13H2,1-2H3. The molecule has 1 aliphatic carbocycles. The van der Waals surface area contributed by atoms with Gasteiger partial charge in [0.1, 0.15) is 0 Å². The van der Waals surface area contributed by atoms with Gasteiger partial charge in [0, 0.05) is 31.7 Å². The first kappa shape index (κ1) is 15.3. The SMILES string of the molecule is CCCNC(CN(CC)CC1CCC1)C1CCOC1. The molecule has 19 heavy (non-hydrogen) atoms. The van der Waals surface area contributed by atoms with E-state index in [0.29, 0.717) is 6.04 Å². The van der Waals surface area contributed by atoms with E-state index in [1.165, 1.54) is 51.7 Å². The minimum Gasteiger partial charge on any atom is -0.381 e. The maximum atomic E-state index is 5.59. The van der Waals surface area contributed by atoms with Gasteiger partial charge in [-0.15, -0.1) is 0 Å². The molecule has 0 spiro atoms. The van der Waals surface area contributed by atoms with Crippen LogP contribution >= 0.6 is 0 Å². The van der Waals surface area contributed by atoms with E-state index < -0.39 is 0 Å². The van der Waals surface area contributed by atoms with Gasteiger partial charge < -0.3 is 15.0 Å². The molecule has 0 aromatic heterocycles. The van der Waals surface area contributed by atoms with Crippen LogP contribution in [0.4, 0.5) is 0 Å². The first-order valence-corrected chi connectivity index (χ1v) is 8.37. The van der Waals surface area contributed by atoms with Crippen molar-refractivity contribution in [1.29, 1.82) is 0 Å². The third-order valence-electron chi connectivity index (χ3n) is 4.83. The maximum absolute atomic E-state index is 5.59. The largest absolute Gasteiger partial charge is 0.381 e. The lowest BCUT2D eigenvalue weighted by atomic mass is 9.85. The Balaban J connectivity index is 1.80. The Labute approximate surface area is 119 Å². The Morgan fingerprint density at radius 3 is 2.63 bits per heavy atom. The highest BCUT2D eigenvalue weighted by Gasteiger charge is 2.28. The van der Waals surface area contributed by atoms with E-state index in [2.05, 4.69) is 24.1 Å². The van der Waals surface area contributed by atoms with Gasteiger partial charge in [-0.25, -0.2) is 0 Å². The van der Waals surface area contributed by atoms with Gasteiger partial charge in [-0.2, -0.15) is 0 Å². The van der Waals surface area contributed by atoms with Gasteiger partial charge in [-0.3, -0.25) is 0 Å². The molecule has 112 valence electrons. The monoisotopic (exact) mass is 268 g/mol. The molecule has 3 nitrogen and oxygen atoms in total. The minimum atomic E-state index is 0.627. The second-order valence-electron chi connectivity index (χ2n) is 6.33. The van der Waals surface area contributed by atoms with Gasteiger partial charge in [0.15, 0.2) is 0 Å². The van der Waals surface area contributed by atoms with Crippen molar-refractivity contribution in [2.75, 3.05) is 39.4 Å². The molecule has 2 fully saturated rings. The number of nitrogens with zero attached hydrogens (tertiary/aromatic N) is 1. The zero-order chi connectivity index (χ0) is 13.5. The number of hydrogen-bond donors (Lipinski definition) is 1. The molecular formula is C16H32N2O. The highest BCUT2D eigenvalue weighted by atomic mass is 16.5. The molecule has 0 radical (unpaired) electrons. The van der Waals surface area contributed by atoms with E-state index in [4.69, 9.17) is 4.74 Å². The number of ether oxygens (including phenoxy) is 1. The fraction of sp³-hybridized carbons (Fsp3) is 1.00. The van der Waals surface area contributed by atoms with E-state index in [9.17, 15) is 0 Å².